The van der Waals surface area contributed by atoms with Crippen molar-refractivity contribution < 1.29 is 9.53 Å². The first-order chi connectivity index (χ1) is 8.70. The van der Waals surface area contributed by atoms with E-state index >= 15 is 0 Å². The molecule has 1 unspecified atom stereocenters. The number of hydrogen-bond acceptors (Lipinski definition) is 4. The van der Waals surface area contributed by atoms with Gasteiger partial charge in [0.05, 0.1) is 24.5 Å². The summed E-state index contributed by atoms with van der Waals surface area (Å²) in [7, 11) is 0. The molecule has 2 aliphatic rings. The summed E-state index contributed by atoms with van der Waals surface area (Å²) in [4.78, 5) is 11.9. The lowest BCUT2D eigenvalue weighted by Gasteiger charge is -2.25. The van der Waals surface area contributed by atoms with Crippen molar-refractivity contribution in [3.05, 3.63) is 17.0 Å². The summed E-state index contributed by atoms with van der Waals surface area (Å²) in [5.74, 6) is 0.552. The largest absolute Gasteiger partial charge is 0.462 e. The van der Waals surface area contributed by atoms with Crippen molar-refractivity contribution in [2.24, 2.45) is 5.92 Å². The third kappa shape index (κ3) is 1.92. The predicted molar refractivity (Wildman–Crippen MR) is 66.3 cm³/mol. The Bertz CT molecular complexity index is 477. The monoisotopic (exact) mass is 249 g/mol. The number of hydrogen-bond donors (Lipinski definition) is 1. The van der Waals surface area contributed by atoms with Gasteiger partial charge in [-0.1, -0.05) is 0 Å². The quantitative estimate of drug-likeness (QED) is 0.819. The summed E-state index contributed by atoms with van der Waals surface area (Å²) in [6.45, 7) is 5.70. The van der Waals surface area contributed by atoms with Crippen LogP contribution >= 0.6 is 0 Å². The fraction of sp³-hybridized carbons (Fsp3) is 0.692. The summed E-state index contributed by atoms with van der Waals surface area (Å²) in [6, 6.07) is 0.520. The van der Waals surface area contributed by atoms with Crippen LogP contribution in [0.1, 0.15) is 41.5 Å². The molecule has 1 aliphatic carbocycles. The molecule has 18 heavy (non-hydrogen) atoms. The van der Waals surface area contributed by atoms with Crippen LogP contribution in [0.15, 0.2) is 0 Å². The van der Waals surface area contributed by atoms with E-state index in [1.54, 1.807) is 0 Å². The maximum absolute atomic E-state index is 11.9. The van der Waals surface area contributed by atoms with Gasteiger partial charge in [0.1, 0.15) is 5.56 Å². The highest BCUT2D eigenvalue weighted by molar-refractivity contribution is 5.92. The molecule has 1 saturated carbocycles. The summed E-state index contributed by atoms with van der Waals surface area (Å²) in [5.41, 5.74) is 2.41. The Hall–Kier alpha value is -1.36. The normalized spacial score (nSPS) is 22.7. The van der Waals surface area contributed by atoms with E-state index in [9.17, 15) is 4.79 Å². The van der Waals surface area contributed by atoms with Crippen LogP contribution in [0.5, 0.6) is 0 Å². The zero-order valence-corrected chi connectivity index (χ0v) is 10.9. The number of fused-ring (bicyclic) bond motifs is 1. The number of carbonyl (C=O) groups is 1. The van der Waals surface area contributed by atoms with Crippen LogP contribution in [0.3, 0.4) is 0 Å². The molecule has 0 spiro atoms. The van der Waals surface area contributed by atoms with E-state index in [0.717, 1.165) is 30.4 Å². The molecule has 0 bridgehead atoms. The Morgan fingerprint density at radius 3 is 3.00 bits per heavy atom. The molecule has 5 heteroatoms. The van der Waals surface area contributed by atoms with E-state index in [1.807, 2.05) is 18.5 Å². The Labute approximate surface area is 107 Å². The van der Waals surface area contributed by atoms with Crippen molar-refractivity contribution >= 4 is 5.97 Å². The molecule has 1 aromatic rings. The summed E-state index contributed by atoms with van der Waals surface area (Å²) >= 11 is 0. The second kappa shape index (κ2) is 4.39. The van der Waals surface area contributed by atoms with Gasteiger partial charge < -0.3 is 10.1 Å². The second-order valence-corrected chi connectivity index (χ2v) is 5.13. The van der Waals surface area contributed by atoms with Gasteiger partial charge >= 0.3 is 5.97 Å². The maximum atomic E-state index is 11.9. The molecule has 0 amide bonds. The first-order valence-electron chi connectivity index (χ1n) is 6.67. The van der Waals surface area contributed by atoms with E-state index in [2.05, 4.69) is 10.4 Å². The van der Waals surface area contributed by atoms with Crippen molar-refractivity contribution in [3.8, 4) is 0 Å². The molecule has 1 aliphatic heterocycles. The summed E-state index contributed by atoms with van der Waals surface area (Å²) < 4.78 is 7.09. The van der Waals surface area contributed by atoms with E-state index in [4.69, 9.17) is 4.74 Å². The lowest BCUT2D eigenvalue weighted by Crippen LogP contribution is -2.41. The highest BCUT2D eigenvalue weighted by atomic mass is 16.5. The van der Waals surface area contributed by atoms with Crippen molar-refractivity contribution in [2.45, 2.75) is 45.8 Å². The number of nitrogens with one attached hydrogen (secondary N) is 1. The maximum Gasteiger partial charge on any atom is 0.341 e. The van der Waals surface area contributed by atoms with Crippen molar-refractivity contribution in [1.82, 2.24) is 15.1 Å². The van der Waals surface area contributed by atoms with E-state index < -0.39 is 0 Å². The van der Waals surface area contributed by atoms with Crippen LogP contribution in [0, 0.1) is 12.8 Å². The molecular weight excluding hydrogens is 230 g/mol. The van der Waals surface area contributed by atoms with Crippen molar-refractivity contribution in [1.29, 1.82) is 0 Å². The Morgan fingerprint density at radius 1 is 1.56 bits per heavy atom. The van der Waals surface area contributed by atoms with Crippen molar-refractivity contribution in [2.75, 3.05) is 6.61 Å². The van der Waals surface area contributed by atoms with Crippen LogP contribution in [0.2, 0.25) is 0 Å². The number of esters is 1. The molecule has 2 heterocycles. The van der Waals surface area contributed by atoms with Gasteiger partial charge in [0, 0.05) is 12.6 Å². The third-order valence-electron chi connectivity index (χ3n) is 3.80. The second-order valence-electron chi connectivity index (χ2n) is 5.13. The fourth-order valence-electron chi connectivity index (χ4n) is 2.72. The fourth-order valence-corrected chi connectivity index (χ4v) is 2.72. The van der Waals surface area contributed by atoms with E-state index in [1.165, 1.54) is 12.8 Å². The van der Waals surface area contributed by atoms with Crippen LogP contribution < -0.4 is 5.32 Å². The molecular formula is C13H19N3O2. The molecule has 98 valence electrons. The molecule has 1 fully saturated rings. The van der Waals surface area contributed by atoms with Crippen molar-refractivity contribution in [3.63, 3.8) is 0 Å². The molecule has 1 aromatic heterocycles. The average Bonchev–Trinajstić information content (AvgIpc) is 3.11. The number of nitrogens with zero attached hydrogens (tertiary/aromatic N) is 2. The predicted octanol–water partition coefficient (Wildman–Crippen LogP) is 1.25. The van der Waals surface area contributed by atoms with E-state index in [-0.39, 0.29) is 5.97 Å². The zero-order valence-electron chi connectivity index (χ0n) is 10.9. The lowest BCUT2D eigenvalue weighted by atomic mass is 10.1. The van der Waals surface area contributed by atoms with Crippen LogP contribution in [-0.4, -0.2) is 28.4 Å². The van der Waals surface area contributed by atoms with Gasteiger partial charge in [0.25, 0.3) is 0 Å². The van der Waals surface area contributed by atoms with Gasteiger partial charge in [-0.25, -0.2) is 4.79 Å². The highest BCUT2D eigenvalue weighted by Gasteiger charge is 2.35. The SMILES string of the molecule is CCOC(=O)c1c(C)nn2c1CNC(C1CC1)C2. The Morgan fingerprint density at radius 2 is 2.33 bits per heavy atom. The Kier molecular flexibility index (Phi) is 2.86. The minimum absolute atomic E-state index is 0.247. The molecule has 5 nitrogen and oxygen atoms in total. The van der Waals surface area contributed by atoms with Gasteiger partial charge in [-0.15, -0.1) is 0 Å². The van der Waals surface area contributed by atoms with Gasteiger partial charge in [0.2, 0.25) is 0 Å². The van der Waals surface area contributed by atoms with Gasteiger partial charge in [0.15, 0.2) is 0 Å². The molecule has 1 N–H and O–H groups in total. The van der Waals surface area contributed by atoms with Gasteiger partial charge in [-0.05, 0) is 32.6 Å². The van der Waals surface area contributed by atoms with Gasteiger partial charge in [-0.2, -0.15) is 5.10 Å². The zero-order chi connectivity index (χ0) is 12.7. The molecule has 0 saturated heterocycles. The number of rotatable bonds is 3. The minimum Gasteiger partial charge on any atom is -0.462 e. The first-order valence-corrected chi connectivity index (χ1v) is 6.67. The van der Waals surface area contributed by atoms with E-state index in [0.29, 0.717) is 18.2 Å². The smallest absolute Gasteiger partial charge is 0.341 e. The number of carbonyl (C=O) groups excluding carboxylic acids is 1. The lowest BCUT2D eigenvalue weighted by molar-refractivity contribution is 0.0523. The van der Waals surface area contributed by atoms with Gasteiger partial charge in [-0.3, -0.25) is 4.68 Å². The molecule has 3 rings (SSSR count). The van der Waals surface area contributed by atoms with Crippen LogP contribution in [0.4, 0.5) is 0 Å². The highest BCUT2D eigenvalue weighted by Crippen LogP contribution is 2.35. The molecule has 0 aromatic carbocycles. The average molecular weight is 249 g/mol. The topological polar surface area (TPSA) is 56.1 Å². The number of aryl methyl sites for hydroxylation is 1. The Balaban J connectivity index is 1.87. The third-order valence-corrected chi connectivity index (χ3v) is 3.80. The van der Waals surface area contributed by atoms with Crippen LogP contribution in [0.25, 0.3) is 0 Å². The molecule has 0 radical (unpaired) electrons. The first kappa shape index (κ1) is 11.7. The standard InChI is InChI=1S/C13H19N3O2/c1-3-18-13(17)12-8(2)15-16-7-10(9-4-5-9)14-6-11(12)16/h9-10,14H,3-7H2,1-2H3. The minimum atomic E-state index is -0.247. The number of ether oxygens (including phenoxy) is 1. The number of aromatic nitrogens is 2. The summed E-state index contributed by atoms with van der Waals surface area (Å²) in [5, 5.41) is 8.01. The summed E-state index contributed by atoms with van der Waals surface area (Å²) in [6.07, 6.45) is 2.63. The molecule has 1 atom stereocenters. The van der Waals surface area contributed by atoms with Crippen LogP contribution in [-0.2, 0) is 17.8 Å².